The molecule has 0 saturated carbocycles. The number of hydrogen-bond acceptors (Lipinski definition) is 3. The van der Waals surface area contributed by atoms with E-state index in [1.54, 1.807) is 4.90 Å². The van der Waals surface area contributed by atoms with Crippen molar-refractivity contribution in [2.45, 2.75) is 6.42 Å². The fourth-order valence-corrected chi connectivity index (χ4v) is 1.12. The van der Waals surface area contributed by atoms with Crippen molar-refractivity contribution in [1.29, 1.82) is 0 Å². The number of amides is 1. The fraction of sp³-hybridized carbons (Fsp3) is 0.714. The van der Waals surface area contributed by atoms with Crippen LogP contribution in [-0.2, 0) is 9.53 Å². The number of thiocarbonyl (C=S) groups is 1. The zero-order chi connectivity index (χ0) is 8.97. The SMILES string of the molecule is NC(=S)CCN1CCOCC1=O. The second-order valence-corrected chi connectivity index (χ2v) is 3.17. The molecule has 68 valence electrons. The number of rotatable bonds is 3. The summed E-state index contributed by atoms with van der Waals surface area (Å²) in [7, 11) is 0. The summed E-state index contributed by atoms with van der Waals surface area (Å²) in [6, 6.07) is 0. The van der Waals surface area contributed by atoms with E-state index in [0.29, 0.717) is 31.1 Å². The maximum atomic E-state index is 11.1. The summed E-state index contributed by atoms with van der Waals surface area (Å²) in [6.07, 6.45) is 0.598. The first-order chi connectivity index (χ1) is 5.70. The Balaban J connectivity index is 2.29. The van der Waals surface area contributed by atoms with E-state index < -0.39 is 0 Å². The molecule has 1 aliphatic rings. The highest BCUT2D eigenvalue weighted by Gasteiger charge is 2.17. The molecule has 1 heterocycles. The summed E-state index contributed by atoms with van der Waals surface area (Å²) in [6.45, 7) is 2.08. The Labute approximate surface area is 76.7 Å². The van der Waals surface area contributed by atoms with Gasteiger partial charge >= 0.3 is 0 Å². The maximum Gasteiger partial charge on any atom is 0.248 e. The molecule has 1 rings (SSSR count). The first kappa shape index (κ1) is 9.41. The van der Waals surface area contributed by atoms with Gasteiger partial charge in [0.05, 0.1) is 11.6 Å². The molecule has 12 heavy (non-hydrogen) atoms. The summed E-state index contributed by atoms with van der Waals surface area (Å²) in [4.78, 5) is 13.3. The molecule has 0 atom stereocenters. The molecule has 1 fully saturated rings. The summed E-state index contributed by atoms with van der Waals surface area (Å²) < 4.78 is 4.96. The van der Waals surface area contributed by atoms with Crippen LogP contribution in [0.15, 0.2) is 0 Å². The van der Waals surface area contributed by atoms with Crippen molar-refractivity contribution in [2.24, 2.45) is 5.73 Å². The number of nitrogens with two attached hydrogens (primary N) is 1. The van der Waals surface area contributed by atoms with Gasteiger partial charge in [-0.05, 0) is 0 Å². The highest BCUT2D eigenvalue weighted by atomic mass is 32.1. The molecule has 0 aliphatic carbocycles. The molecule has 1 amide bonds. The van der Waals surface area contributed by atoms with Crippen LogP contribution in [-0.4, -0.2) is 42.1 Å². The third kappa shape index (κ3) is 2.75. The predicted molar refractivity (Wildman–Crippen MR) is 48.8 cm³/mol. The van der Waals surface area contributed by atoms with Crippen LogP contribution in [0.25, 0.3) is 0 Å². The molecule has 1 saturated heterocycles. The Morgan fingerprint density at radius 2 is 2.50 bits per heavy atom. The molecular weight excluding hydrogens is 176 g/mol. The number of carbonyl (C=O) groups is 1. The molecule has 0 radical (unpaired) electrons. The minimum Gasteiger partial charge on any atom is -0.393 e. The van der Waals surface area contributed by atoms with Crippen LogP contribution >= 0.6 is 12.2 Å². The van der Waals surface area contributed by atoms with Gasteiger partial charge in [0, 0.05) is 19.5 Å². The number of hydrogen-bond donors (Lipinski definition) is 1. The molecule has 0 bridgehead atoms. The average Bonchev–Trinajstić information content (AvgIpc) is 2.03. The van der Waals surface area contributed by atoms with Gasteiger partial charge in [0.15, 0.2) is 0 Å². The summed E-state index contributed by atoms with van der Waals surface area (Å²) in [5.74, 6) is 0.0255. The van der Waals surface area contributed by atoms with Gasteiger partial charge in [0.1, 0.15) is 6.61 Å². The van der Waals surface area contributed by atoms with Crippen LogP contribution in [0.4, 0.5) is 0 Å². The lowest BCUT2D eigenvalue weighted by atomic mass is 10.3. The number of nitrogens with zero attached hydrogens (tertiary/aromatic N) is 1. The second kappa shape index (κ2) is 4.37. The van der Waals surface area contributed by atoms with Crippen LogP contribution in [0.2, 0.25) is 0 Å². The Morgan fingerprint density at radius 1 is 1.75 bits per heavy atom. The molecule has 4 nitrogen and oxygen atoms in total. The van der Waals surface area contributed by atoms with Crippen LogP contribution in [0.5, 0.6) is 0 Å². The fourth-order valence-electron chi connectivity index (χ4n) is 1.03. The van der Waals surface area contributed by atoms with Crippen LogP contribution in [0.3, 0.4) is 0 Å². The minimum absolute atomic E-state index is 0.0255. The van der Waals surface area contributed by atoms with E-state index in [0.717, 1.165) is 0 Å². The Hall–Kier alpha value is -0.680. The number of carbonyl (C=O) groups excluding carboxylic acids is 1. The Kier molecular flexibility index (Phi) is 3.43. The third-order valence-electron chi connectivity index (χ3n) is 1.71. The predicted octanol–water partition coefficient (Wildman–Crippen LogP) is -0.479. The van der Waals surface area contributed by atoms with Crippen molar-refractivity contribution in [3.8, 4) is 0 Å². The van der Waals surface area contributed by atoms with E-state index >= 15 is 0 Å². The third-order valence-corrected chi connectivity index (χ3v) is 1.92. The van der Waals surface area contributed by atoms with Gasteiger partial charge in [-0.25, -0.2) is 0 Å². The van der Waals surface area contributed by atoms with Gasteiger partial charge in [-0.15, -0.1) is 0 Å². The Morgan fingerprint density at radius 3 is 3.08 bits per heavy atom. The standard InChI is InChI=1S/C7H12N2O2S/c8-6(12)1-2-9-3-4-11-5-7(9)10/h1-5H2,(H2,8,12). The molecule has 0 aromatic carbocycles. The molecule has 0 aromatic rings. The van der Waals surface area contributed by atoms with Crippen molar-refractivity contribution >= 4 is 23.1 Å². The van der Waals surface area contributed by atoms with Gasteiger partial charge in [-0.3, -0.25) is 4.79 Å². The molecule has 2 N–H and O–H groups in total. The zero-order valence-corrected chi connectivity index (χ0v) is 7.60. The van der Waals surface area contributed by atoms with E-state index in [1.165, 1.54) is 0 Å². The van der Waals surface area contributed by atoms with Crippen molar-refractivity contribution in [3.05, 3.63) is 0 Å². The summed E-state index contributed by atoms with van der Waals surface area (Å²) in [5.41, 5.74) is 5.32. The van der Waals surface area contributed by atoms with E-state index in [-0.39, 0.29) is 12.5 Å². The van der Waals surface area contributed by atoms with Gasteiger partial charge in [0.2, 0.25) is 5.91 Å². The summed E-state index contributed by atoms with van der Waals surface area (Å²) >= 11 is 4.71. The van der Waals surface area contributed by atoms with Gasteiger partial charge in [-0.2, -0.15) is 0 Å². The van der Waals surface area contributed by atoms with Crippen LogP contribution in [0, 0.1) is 0 Å². The largest absolute Gasteiger partial charge is 0.393 e. The van der Waals surface area contributed by atoms with Crippen molar-refractivity contribution in [3.63, 3.8) is 0 Å². The van der Waals surface area contributed by atoms with Crippen LogP contribution < -0.4 is 5.73 Å². The normalized spacial score (nSPS) is 18.0. The average molecular weight is 188 g/mol. The lowest BCUT2D eigenvalue weighted by molar-refractivity contribution is -0.142. The first-order valence-corrected chi connectivity index (χ1v) is 4.25. The van der Waals surface area contributed by atoms with Gasteiger partial charge in [-0.1, -0.05) is 12.2 Å². The lowest BCUT2D eigenvalue weighted by Crippen LogP contribution is -2.42. The summed E-state index contributed by atoms with van der Waals surface area (Å²) in [5, 5.41) is 0. The second-order valence-electron chi connectivity index (χ2n) is 2.65. The van der Waals surface area contributed by atoms with Crippen molar-refractivity contribution in [2.75, 3.05) is 26.3 Å². The van der Waals surface area contributed by atoms with E-state index in [4.69, 9.17) is 22.7 Å². The topological polar surface area (TPSA) is 55.6 Å². The van der Waals surface area contributed by atoms with E-state index in [9.17, 15) is 4.79 Å². The van der Waals surface area contributed by atoms with Gasteiger partial charge < -0.3 is 15.4 Å². The molecule has 0 aromatic heterocycles. The van der Waals surface area contributed by atoms with Gasteiger partial charge in [0.25, 0.3) is 0 Å². The minimum atomic E-state index is 0.0255. The molecular formula is C7H12N2O2S. The number of ether oxygens (including phenoxy) is 1. The monoisotopic (exact) mass is 188 g/mol. The first-order valence-electron chi connectivity index (χ1n) is 3.84. The smallest absolute Gasteiger partial charge is 0.248 e. The number of morpholine rings is 1. The van der Waals surface area contributed by atoms with Crippen molar-refractivity contribution < 1.29 is 9.53 Å². The zero-order valence-electron chi connectivity index (χ0n) is 6.78. The van der Waals surface area contributed by atoms with Crippen molar-refractivity contribution in [1.82, 2.24) is 4.90 Å². The van der Waals surface area contributed by atoms with E-state index in [2.05, 4.69) is 0 Å². The molecule has 5 heteroatoms. The van der Waals surface area contributed by atoms with E-state index in [1.807, 2.05) is 0 Å². The highest BCUT2D eigenvalue weighted by Crippen LogP contribution is 1.99. The quantitative estimate of drug-likeness (QED) is 0.608. The molecule has 0 unspecified atom stereocenters. The highest BCUT2D eigenvalue weighted by molar-refractivity contribution is 7.80. The molecule has 1 aliphatic heterocycles. The lowest BCUT2D eigenvalue weighted by Gasteiger charge is -2.26. The maximum absolute atomic E-state index is 11.1. The van der Waals surface area contributed by atoms with Crippen LogP contribution in [0.1, 0.15) is 6.42 Å². The Bertz CT molecular complexity index is 196. The molecule has 0 spiro atoms.